The molecule has 3 amide bonds. The van der Waals surface area contributed by atoms with Crippen LogP contribution in [0.1, 0.15) is 39.0 Å². The minimum Gasteiger partial charge on any atom is -0.499 e. The summed E-state index contributed by atoms with van der Waals surface area (Å²) in [7, 11) is 1.40. The van der Waals surface area contributed by atoms with Crippen LogP contribution in [0.2, 0.25) is 0 Å². The average molecular weight is 483 g/mol. The molecule has 0 aromatic carbocycles. The molecule has 1 N–H and O–H groups in total. The van der Waals surface area contributed by atoms with E-state index >= 15 is 0 Å². The number of amides is 3. The minimum absolute atomic E-state index is 0.0146. The van der Waals surface area contributed by atoms with E-state index in [-0.39, 0.29) is 25.2 Å². The highest BCUT2D eigenvalue weighted by Crippen LogP contribution is 2.33. The molecule has 154 valence electrons. The number of imide groups is 1. The molecule has 0 fully saturated rings. The highest BCUT2D eigenvalue weighted by molar-refractivity contribution is 6.67. The Morgan fingerprint density at radius 2 is 1.93 bits per heavy atom. The molecule has 1 aliphatic rings. The maximum atomic E-state index is 13.0. The molecule has 0 bridgehead atoms. The topological polar surface area (TPSA) is 75.7 Å². The summed E-state index contributed by atoms with van der Waals surface area (Å²) < 4.78 is 3.62. The molecule has 0 aromatic rings. The lowest BCUT2D eigenvalue weighted by Crippen LogP contribution is -2.52. The number of nitrogens with one attached hydrogen (secondary N) is 1. The number of carbonyl (C=O) groups is 3. The van der Waals surface area contributed by atoms with Crippen molar-refractivity contribution in [1.82, 2.24) is 10.2 Å². The standard InChI is InChI=1S/C16H21Cl5N2O4/c1-3-13(24)22-9(6-7-16(19,20)21)15(26)23-10(4-5-12(17)18)11(27-2)8-14(23)25/h8-10,12H,3-7H2,1-2H3,(H,22,24). The first kappa shape index (κ1) is 24.6. The van der Waals surface area contributed by atoms with Crippen molar-refractivity contribution in [3.63, 3.8) is 0 Å². The largest absolute Gasteiger partial charge is 0.499 e. The van der Waals surface area contributed by atoms with Gasteiger partial charge in [-0.25, -0.2) is 0 Å². The quantitative estimate of drug-likeness (QED) is 0.506. The van der Waals surface area contributed by atoms with Gasteiger partial charge in [0, 0.05) is 12.5 Å². The third kappa shape index (κ3) is 7.86. The van der Waals surface area contributed by atoms with Gasteiger partial charge in [0.15, 0.2) is 3.79 Å². The van der Waals surface area contributed by atoms with Crippen molar-refractivity contribution >= 4 is 75.7 Å². The molecule has 0 aromatic heterocycles. The zero-order valence-corrected chi connectivity index (χ0v) is 18.6. The summed E-state index contributed by atoms with van der Waals surface area (Å²) in [6.07, 6.45) is 2.11. The number of hydrogen-bond donors (Lipinski definition) is 1. The second kappa shape index (κ2) is 11.0. The smallest absolute Gasteiger partial charge is 0.257 e. The molecule has 1 rings (SSSR count). The first-order valence-corrected chi connectivity index (χ1v) is 10.3. The zero-order chi connectivity index (χ0) is 20.8. The average Bonchev–Trinajstić information content (AvgIpc) is 2.90. The molecule has 2 unspecified atom stereocenters. The van der Waals surface area contributed by atoms with Crippen LogP contribution in [0.4, 0.5) is 0 Å². The van der Waals surface area contributed by atoms with Crippen LogP contribution >= 0.6 is 58.0 Å². The SMILES string of the molecule is CCC(=O)NC(CCC(Cl)(Cl)Cl)C(=O)N1C(=O)C=C(OC)C1CCC(Cl)Cl. The van der Waals surface area contributed by atoms with Crippen LogP contribution < -0.4 is 5.32 Å². The van der Waals surface area contributed by atoms with Gasteiger partial charge >= 0.3 is 0 Å². The maximum absolute atomic E-state index is 13.0. The number of ether oxygens (including phenoxy) is 1. The van der Waals surface area contributed by atoms with Crippen molar-refractivity contribution in [3.05, 3.63) is 11.8 Å². The number of methoxy groups -OCH3 is 1. The predicted octanol–water partition coefficient (Wildman–Crippen LogP) is 3.88. The first-order chi connectivity index (χ1) is 12.5. The van der Waals surface area contributed by atoms with Gasteiger partial charge in [-0.05, 0) is 25.7 Å². The number of carbonyl (C=O) groups excluding carboxylic acids is 3. The van der Waals surface area contributed by atoms with Crippen molar-refractivity contribution in [2.75, 3.05) is 7.11 Å². The Kier molecular flexibility index (Phi) is 10.00. The summed E-state index contributed by atoms with van der Waals surface area (Å²) in [6, 6.07) is -1.68. The van der Waals surface area contributed by atoms with Gasteiger partial charge in [-0.15, -0.1) is 23.2 Å². The van der Waals surface area contributed by atoms with E-state index in [1.807, 2.05) is 0 Å². The van der Waals surface area contributed by atoms with E-state index in [1.54, 1.807) is 6.92 Å². The monoisotopic (exact) mass is 480 g/mol. The Hall–Kier alpha value is -0.400. The van der Waals surface area contributed by atoms with E-state index in [0.29, 0.717) is 18.6 Å². The number of rotatable bonds is 9. The van der Waals surface area contributed by atoms with E-state index in [4.69, 9.17) is 62.7 Å². The molecule has 0 radical (unpaired) electrons. The van der Waals surface area contributed by atoms with Crippen molar-refractivity contribution in [1.29, 1.82) is 0 Å². The minimum atomic E-state index is -1.59. The van der Waals surface area contributed by atoms with Crippen molar-refractivity contribution in [3.8, 4) is 0 Å². The van der Waals surface area contributed by atoms with E-state index in [9.17, 15) is 14.4 Å². The van der Waals surface area contributed by atoms with Gasteiger partial charge in [0.25, 0.3) is 11.8 Å². The van der Waals surface area contributed by atoms with Crippen molar-refractivity contribution < 1.29 is 19.1 Å². The third-order valence-corrected chi connectivity index (χ3v) is 4.95. The number of alkyl halides is 5. The van der Waals surface area contributed by atoms with Crippen LogP contribution in [-0.4, -0.2) is 50.4 Å². The Labute approximate surface area is 183 Å². The van der Waals surface area contributed by atoms with Crippen LogP contribution in [0.3, 0.4) is 0 Å². The van der Waals surface area contributed by atoms with Crippen molar-refractivity contribution in [2.45, 2.75) is 59.7 Å². The molecule has 2 atom stereocenters. The second-order valence-corrected chi connectivity index (χ2v) is 9.70. The molecule has 0 aliphatic carbocycles. The van der Waals surface area contributed by atoms with E-state index in [2.05, 4.69) is 5.32 Å². The predicted molar refractivity (Wildman–Crippen MR) is 107 cm³/mol. The molecule has 0 spiro atoms. The summed E-state index contributed by atoms with van der Waals surface area (Å²) in [6.45, 7) is 1.64. The Morgan fingerprint density at radius 3 is 2.41 bits per heavy atom. The highest BCUT2D eigenvalue weighted by atomic mass is 35.6. The number of halogens is 5. The van der Waals surface area contributed by atoms with Gasteiger partial charge in [-0.1, -0.05) is 41.7 Å². The molecule has 1 heterocycles. The van der Waals surface area contributed by atoms with E-state index in [1.165, 1.54) is 13.2 Å². The summed E-state index contributed by atoms with van der Waals surface area (Å²) in [5, 5.41) is 2.58. The maximum Gasteiger partial charge on any atom is 0.257 e. The van der Waals surface area contributed by atoms with Gasteiger partial charge in [0.2, 0.25) is 5.91 Å². The molecular formula is C16H21Cl5N2O4. The fourth-order valence-corrected chi connectivity index (χ4v) is 3.19. The van der Waals surface area contributed by atoms with Gasteiger partial charge in [-0.2, -0.15) is 0 Å². The summed E-state index contributed by atoms with van der Waals surface area (Å²) >= 11 is 28.9. The highest BCUT2D eigenvalue weighted by Gasteiger charge is 2.41. The van der Waals surface area contributed by atoms with E-state index in [0.717, 1.165) is 4.90 Å². The second-order valence-electron chi connectivity index (χ2n) is 5.91. The molecule has 11 heteroatoms. The summed E-state index contributed by atoms with van der Waals surface area (Å²) in [5.41, 5.74) is 0. The van der Waals surface area contributed by atoms with Crippen LogP contribution in [0.15, 0.2) is 11.8 Å². The van der Waals surface area contributed by atoms with E-state index < -0.39 is 32.5 Å². The third-order valence-electron chi connectivity index (χ3n) is 3.95. The normalized spacial score (nSPS) is 18.5. The lowest BCUT2D eigenvalue weighted by Gasteiger charge is -2.29. The van der Waals surface area contributed by atoms with Gasteiger partial charge in [0.1, 0.15) is 16.6 Å². The van der Waals surface area contributed by atoms with Crippen molar-refractivity contribution in [2.24, 2.45) is 0 Å². The summed E-state index contributed by atoms with van der Waals surface area (Å²) in [4.78, 5) is 37.6. The fourth-order valence-electron chi connectivity index (χ4n) is 2.61. The number of hydrogen-bond acceptors (Lipinski definition) is 4. The van der Waals surface area contributed by atoms with Crippen LogP contribution in [0.5, 0.6) is 0 Å². The molecule has 27 heavy (non-hydrogen) atoms. The molecular weight excluding hydrogens is 461 g/mol. The summed E-state index contributed by atoms with van der Waals surface area (Å²) in [5.74, 6) is -1.19. The molecule has 0 saturated carbocycles. The van der Waals surface area contributed by atoms with Gasteiger partial charge in [-0.3, -0.25) is 19.3 Å². The van der Waals surface area contributed by atoms with Crippen LogP contribution in [-0.2, 0) is 19.1 Å². The first-order valence-electron chi connectivity index (χ1n) is 8.27. The fraction of sp³-hybridized carbons (Fsp3) is 0.688. The molecule has 1 aliphatic heterocycles. The number of nitrogens with zero attached hydrogens (tertiary/aromatic N) is 1. The Bertz CT molecular complexity index is 592. The molecule has 6 nitrogen and oxygen atoms in total. The Morgan fingerprint density at radius 1 is 1.30 bits per heavy atom. The lowest BCUT2D eigenvalue weighted by atomic mass is 10.1. The van der Waals surface area contributed by atoms with Gasteiger partial charge in [0.05, 0.1) is 13.2 Å². The lowest BCUT2D eigenvalue weighted by molar-refractivity contribution is -0.146. The van der Waals surface area contributed by atoms with Crippen LogP contribution in [0, 0.1) is 0 Å². The Balaban J connectivity index is 3.04. The molecule has 0 saturated heterocycles. The zero-order valence-electron chi connectivity index (χ0n) is 14.8. The van der Waals surface area contributed by atoms with Crippen LogP contribution in [0.25, 0.3) is 0 Å². The van der Waals surface area contributed by atoms with Gasteiger partial charge < -0.3 is 10.1 Å².